The second-order valence-corrected chi connectivity index (χ2v) is 4.05. The molecular formula is C9H12N4S. The first kappa shape index (κ1) is 9.39. The average molecular weight is 208 g/mol. The molecule has 0 aliphatic carbocycles. The quantitative estimate of drug-likeness (QED) is 0.526. The van der Waals surface area contributed by atoms with Crippen LogP contribution in [0.2, 0.25) is 0 Å². The molecule has 0 aromatic carbocycles. The lowest BCUT2D eigenvalue weighted by Crippen LogP contribution is -2.28. The molecule has 0 saturated heterocycles. The maximum atomic E-state index is 5.54. The summed E-state index contributed by atoms with van der Waals surface area (Å²) in [5, 5.41) is 8.76. The molecule has 2 aromatic heterocycles. The van der Waals surface area contributed by atoms with Crippen LogP contribution < -0.4 is 11.3 Å². The molecule has 0 aliphatic rings. The number of hydrogen-bond donors (Lipinski definition) is 3. The monoisotopic (exact) mass is 208 g/mol. The van der Waals surface area contributed by atoms with Crippen molar-refractivity contribution >= 4 is 11.3 Å². The highest BCUT2D eigenvalue weighted by Crippen LogP contribution is 2.27. The molecular weight excluding hydrogens is 196 g/mol. The van der Waals surface area contributed by atoms with Crippen LogP contribution in [-0.4, -0.2) is 10.2 Å². The number of rotatable bonds is 3. The topological polar surface area (TPSA) is 66.7 Å². The molecule has 0 aliphatic heterocycles. The number of H-pyrrole nitrogens is 1. The van der Waals surface area contributed by atoms with E-state index in [9.17, 15) is 0 Å². The van der Waals surface area contributed by atoms with Crippen LogP contribution >= 0.6 is 11.3 Å². The van der Waals surface area contributed by atoms with Gasteiger partial charge in [-0.3, -0.25) is 10.9 Å². The zero-order chi connectivity index (χ0) is 9.97. The lowest BCUT2D eigenvalue weighted by atomic mass is 10.1. The molecule has 4 nitrogen and oxygen atoms in total. The number of aromatic nitrogens is 2. The van der Waals surface area contributed by atoms with Gasteiger partial charge in [-0.2, -0.15) is 5.10 Å². The van der Waals surface area contributed by atoms with Gasteiger partial charge in [0.1, 0.15) is 0 Å². The molecule has 1 atom stereocenters. The number of aryl methyl sites for hydroxylation is 1. The maximum Gasteiger partial charge on any atom is 0.0835 e. The van der Waals surface area contributed by atoms with E-state index in [1.165, 1.54) is 10.4 Å². The second kappa shape index (κ2) is 3.91. The summed E-state index contributed by atoms with van der Waals surface area (Å²) in [6, 6.07) is 2.12. The van der Waals surface area contributed by atoms with Gasteiger partial charge in [0.05, 0.1) is 12.2 Å². The van der Waals surface area contributed by atoms with Gasteiger partial charge in [0, 0.05) is 16.6 Å². The van der Waals surface area contributed by atoms with Crippen molar-refractivity contribution in [1.29, 1.82) is 0 Å². The fourth-order valence-corrected chi connectivity index (χ4v) is 2.44. The smallest absolute Gasteiger partial charge is 0.0835 e. The number of nitrogens with two attached hydrogens (primary N) is 1. The van der Waals surface area contributed by atoms with Gasteiger partial charge in [-0.1, -0.05) is 0 Å². The predicted molar refractivity (Wildman–Crippen MR) is 56.8 cm³/mol. The van der Waals surface area contributed by atoms with Crippen LogP contribution in [0, 0.1) is 6.92 Å². The molecule has 74 valence electrons. The van der Waals surface area contributed by atoms with Crippen LogP contribution in [0.4, 0.5) is 0 Å². The van der Waals surface area contributed by atoms with Gasteiger partial charge < -0.3 is 0 Å². The van der Waals surface area contributed by atoms with Crippen molar-refractivity contribution in [2.24, 2.45) is 5.84 Å². The van der Waals surface area contributed by atoms with E-state index in [0.717, 1.165) is 5.56 Å². The molecule has 2 aromatic rings. The molecule has 0 fully saturated rings. The number of hydrogen-bond acceptors (Lipinski definition) is 4. The van der Waals surface area contributed by atoms with E-state index in [4.69, 9.17) is 5.84 Å². The Balaban J connectivity index is 2.36. The van der Waals surface area contributed by atoms with Crippen molar-refractivity contribution in [3.63, 3.8) is 0 Å². The Morgan fingerprint density at radius 3 is 3.00 bits per heavy atom. The highest BCUT2D eigenvalue weighted by atomic mass is 32.1. The van der Waals surface area contributed by atoms with E-state index in [0.29, 0.717) is 0 Å². The highest BCUT2D eigenvalue weighted by Gasteiger charge is 2.16. The SMILES string of the molecule is Cc1ccsc1C(NN)c1cn[nH]c1. The second-order valence-electron chi connectivity index (χ2n) is 3.10. The molecule has 2 heterocycles. The van der Waals surface area contributed by atoms with E-state index < -0.39 is 0 Å². The molecule has 0 saturated carbocycles. The highest BCUT2D eigenvalue weighted by molar-refractivity contribution is 7.10. The van der Waals surface area contributed by atoms with Crippen molar-refractivity contribution in [1.82, 2.24) is 15.6 Å². The largest absolute Gasteiger partial charge is 0.285 e. The third-order valence-corrected chi connectivity index (χ3v) is 3.27. The Hall–Kier alpha value is -1.17. The van der Waals surface area contributed by atoms with Crippen LogP contribution in [0.25, 0.3) is 0 Å². The van der Waals surface area contributed by atoms with Crippen molar-refractivity contribution in [3.05, 3.63) is 39.8 Å². The first-order valence-corrected chi connectivity index (χ1v) is 5.19. The van der Waals surface area contributed by atoms with E-state index in [1.807, 2.05) is 6.20 Å². The van der Waals surface area contributed by atoms with E-state index in [2.05, 4.69) is 34.0 Å². The van der Waals surface area contributed by atoms with Crippen LogP contribution in [0.15, 0.2) is 23.8 Å². The molecule has 0 spiro atoms. The number of hydrazine groups is 1. The van der Waals surface area contributed by atoms with Gasteiger partial charge in [0.15, 0.2) is 0 Å². The Bertz CT molecular complexity index is 393. The Morgan fingerprint density at radius 1 is 1.64 bits per heavy atom. The third-order valence-electron chi connectivity index (χ3n) is 2.18. The number of aromatic amines is 1. The Morgan fingerprint density at radius 2 is 2.50 bits per heavy atom. The number of nitrogens with zero attached hydrogens (tertiary/aromatic N) is 1. The molecule has 2 rings (SSSR count). The van der Waals surface area contributed by atoms with Crippen molar-refractivity contribution in [3.8, 4) is 0 Å². The Kier molecular flexibility index (Phi) is 2.62. The van der Waals surface area contributed by atoms with Gasteiger partial charge in [-0.05, 0) is 23.9 Å². The summed E-state index contributed by atoms with van der Waals surface area (Å²) < 4.78 is 0. The fraction of sp³-hybridized carbons (Fsp3) is 0.222. The van der Waals surface area contributed by atoms with E-state index in [-0.39, 0.29) is 6.04 Å². The molecule has 0 amide bonds. The molecule has 14 heavy (non-hydrogen) atoms. The lowest BCUT2D eigenvalue weighted by molar-refractivity contribution is 0.644. The summed E-state index contributed by atoms with van der Waals surface area (Å²) in [6.45, 7) is 2.08. The maximum absolute atomic E-state index is 5.54. The summed E-state index contributed by atoms with van der Waals surface area (Å²) >= 11 is 1.70. The van der Waals surface area contributed by atoms with Crippen molar-refractivity contribution in [2.75, 3.05) is 0 Å². The van der Waals surface area contributed by atoms with Crippen LogP contribution in [-0.2, 0) is 0 Å². The number of nitrogens with one attached hydrogen (secondary N) is 2. The Labute approximate surface area is 86.1 Å². The van der Waals surface area contributed by atoms with Crippen LogP contribution in [0.5, 0.6) is 0 Å². The zero-order valence-corrected chi connectivity index (χ0v) is 8.64. The number of thiophene rings is 1. The zero-order valence-electron chi connectivity index (χ0n) is 7.82. The molecule has 4 N–H and O–H groups in total. The molecule has 5 heteroatoms. The van der Waals surface area contributed by atoms with Gasteiger partial charge in [0.25, 0.3) is 0 Å². The van der Waals surface area contributed by atoms with E-state index in [1.54, 1.807) is 17.5 Å². The van der Waals surface area contributed by atoms with Gasteiger partial charge in [-0.25, -0.2) is 5.43 Å². The van der Waals surface area contributed by atoms with Crippen molar-refractivity contribution < 1.29 is 0 Å². The minimum Gasteiger partial charge on any atom is -0.285 e. The van der Waals surface area contributed by atoms with Gasteiger partial charge in [-0.15, -0.1) is 11.3 Å². The molecule has 0 bridgehead atoms. The summed E-state index contributed by atoms with van der Waals surface area (Å²) in [6.07, 6.45) is 3.63. The minimum absolute atomic E-state index is 0.0359. The predicted octanol–water partition coefficient (Wildman–Crippen LogP) is 1.33. The van der Waals surface area contributed by atoms with E-state index >= 15 is 0 Å². The normalized spacial score (nSPS) is 13.0. The lowest BCUT2D eigenvalue weighted by Gasteiger charge is -2.13. The summed E-state index contributed by atoms with van der Waals surface area (Å²) in [5.41, 5.74) is 5.10. The summed E-state index contributed by atoms with van der Waals surface area (Å²) in [7, 11) is 0. The summed E-state index contributed by atoms with van der Waals surface area (Å²) in [5.74, 6) is 5.54. The minimum atomic E-state index is 0.0359. The van der Waals surface area contributed by atoms with Crippen molar-refractivity contribution in [2.45, 2.75) is 13.0 Å². The molecule has 1 unspecified atom stereocenters. The van der Waals surface area contributed by atoms with Crippen LogP contribution in [0.3, 0.4) is 0 Å². The van der Waals surface area contributed by atoms with Gasteiger partial charge >= 0.3 is 0 Å². The first-order chi connectivity index (χ1) is 6.83. The summed E-state index contributed by atoms with van der Waals surface area (Å²) in [4.78, 5) is 1.23. The average Bonchev–Trinajstić information content (AvgIpc) is 2.80. The molecule has 0 radical (unpaired) electrons. The first-order valence-electron chi connectivity index (χ1n) is 4.31. The van der Waals surface area contributed by atoms with Crippen LogP contribution in [0.1, 0.15) is 22.0 Å². The third kappa shape index (κ3) is 1.57. The standard InChI is InChI=1S/C9H12N4S/c1-6-2-3-14-9(6)8(13-10)7-4-11-12-5-7/h2-5,8,13H,10H2,1H3,(H,11,12). The van der Waals surface area contributed by atoms with Gasteiger partial charge in [0.2, 0.25) is 0 Å². The fourth-order valence-electron chi connectivity index (χ4n) is 1.42.